The highest BCUT2D eigenvalue weighted by Crippen LogP contribution is 2.33. The Bertz CT molecular complexity index is 777. The molecular weight excluding hydrogens is 263 g/mol. The van der Waals surface area contributed by atoms with E-state index in [2.05, 4.69) is 0 Å². The number of carbonyl (C=O) groups is 1. The van der Waals surface area contributed by atoms with E-state index in [0.717, 1.165) is 15.6 Å². The van der Waals surface area contributed by atoms with Crippen LogP contribution in [0.4, 0.5) is 4.39 Å². The molecule has 1 N–H and O–H groups in total. The summed E-state index contributed by atoms with van der Waals surface area (Å²) in [7, 11) is 0. The number of rotatable bonds is 2. The third kappa shape index (κ3) is 2.00. The summed E-state index contributed by atoms with van der Waals surface area (Å²) in [5.41, 5.74) is 1.34. The van der Waals surface area contributed by atoms with Gasteiger partial charge in [-0.25, -0.2) is 9.18 Å². The molecule has 0 saturated heterocycles. The van der Waals surface area contributed by atoms with E-state index >= 15 is 0 Å². The van der Waals surface area contributed by atoms with Gasteiger partial charge in [-0.05, 0) is 40.1 Å². The summed E-state index contributed by atoms with van der Waals surface area (Å²) in [6, 6.07) is 12.0. The van der Waals surface area contributed by atoms with Gasteiger partial charge in [-0.1, -0.05) is 24.3 Å². The largest absolute Gasteiger partial charge is 0.478 e. The van der Waals surface area contributed by atoms with Crippen molar-refractivity contribution in [3.63, 3.8) is 0 Å². The van der Waals surface area contributed by atoms with Crippen LogP contribution in [0.1, 0.15) is 10.4 Å². The molecule has 3 rings (SSSR count). The molecule has 0 aliphatic carbocycles. The number of carboxylic acids is 1. The zero-order valence-electron chi connectivity index (χ0n) is 9.76. The lowest BCUT2D eigenvalue weighted by atomic mass is 10.0. The summed E-state index contributed by atoms with van der Waals surface area (Å²) in [5, 5.41) is 12.1. The monoisotopic (exact) mass is 272 g/mol. The molecule has 0 aliphatic heterocycles. The van der Waals surface area contributed by atoms with Gasteiger partial charge in [-0.2, -0.15) is 0 Å². The van der Waals surface area contributed by atoms with E-state index in [1.165, 1.54) is 12.1 Å². The lowest BCUT2D eigenvalue weighted by molar-refractivity contribution is 0.0692. The molecule has 0 bridgehead atoms. The Labute approximate surface area is 112 Å². The van der Waals surface area contributed by atoms with E-state index < -0.39 is 11.8 Å². The Balaban J connectivity index is 2.24. The minimum Gasteiger partial charge on any atom is -0.478 e. The predicted molar refractivity (Wildman–Crippen MR) is 74.2 cm³/mol. The summed E-state index contributed by atoms with van der Waals surface area (Å²) >= 11 is 1.59. The fourth-order valence-corrected chi connectivity index (χ4v) is 3.01. The zero-order valence-corrected chi connectivity index (χ0v) is 10.6. The summed E-state index contributed by atoms with van der Waals surface area (Å²) in [6.07, 6.45) is 0. The highest BCUT2D eigenvalue weighted by molar-refractivity contribution is 7.17. The van der Waals surface area contributed by atoms with Crippen molar-refractivity contribution in [1.29, 1.82) is 0 Å². The molecule has 0 amide bonds. The van der Waals surface area contributed by atoms with E-state index in [4.69, 9.17) is 5.11 Å². The topological polar surface area (TPSA) is 37.3 Å². The number of fused-ring (bicyclic) bond motifs is 1. The Morgan fingerprint density at radius 1 is 1.16 bits per heavy atom. The Morgan fingerprint density at radius 3 is 2.79 bits per heavy atom. The maximum atomic E-state index is 13.4. The molecular formula is C15H9FO2S. The second kappa shape index (κ2) is 4.48. The van der Waals surface area contributed by atoms with Crippen LogP contribution in [-0.4, -0.2) is 11.1 Å². The van der Waals surface area contributed by atoms with Gasteiger partial charge in [0.2, 0.25) is 0 Å². The fraction of sp³-hybridized carbons (Fsp3) is 0. The Hall–Kier alpha value is -2.20. The Morgan fingerprint density at radius 2 is 2.00 bits per heavy atom. The second-order valence-corrected chi connectivity index (χ2v) is 5.06. The third-order valence-corrected chi connectivity index (χ3v) is 3.95. The molecule has 0 fully saturated rings. The number of hydrogen-bond acceptors (Lipinski definition) is 2. The van der Waals surface area contributed by atoms with Gasteiger partial charge in [0.05, 0.1) is 5.56 Å². The number of thiophene rings is 1. The molecule has 19 heavy (non-hydrogen) atoms. The van der Waals surface area contributed by atoms with E-state index in [1.807, 2.05) is 29.6 Å². The van der Waals surface area contributed by atoms with E-state index in [0.29, 0.717) is 5.56 Å². The molecule has 0 atom stereocenters. The first-order chi connectivity index (χ1) is 9.16. The van der Waals surface area contributed by atoms with Crippen LogP contribution in [0, 0.1) is 5.82 Å². The SMILES string of the molecule is O=C(O)c1cc(-c2cccc3ccsc23)ccc1F. The van der Waals surface area contributed by atoms with Crippen LogP contribution in [-0.2, 0) is 0 Å². The van der Waals surface area contributed by atoms with Crippen LogP contribution >= 0.6 is 11.3 Å². The van der Waals surface area contributed by atoms with Gasteiger partial charge in [0.15, 0.2) is 0 Å². The van der Waals surface area contributed by atoms with Crippen molar-refractivity contribution in [2.24, 2.45) is 0 Å². The lowest BCUT2D eigenvalue weighted by Crippen LogP contribution is -2.00. The minimum atomic E-state index is -1.25. The quantitative estimate of drug-likeness (QED) is 0.750. The van der Waals surface area contributed by atoms with Crippen molar-refractivity contribution in [3.8, 4) is 11.1 Å². The van der Waals surface area contributed by atoms with Gasteiger partial charge in [-0.3, -0.25) is 0 Å². The summed E-state index contributed by atoms with van der Waals surface area (Å²) in [4.78, 5) is 11.0. The summed E-state index contributed by atoms with van der Waals surface area (Å²) in [5.74, 6) is -1.97. The molecule has 1 heterocycles. The molecule has 0 aliphatic rings. The average Bonchev–Trinajstić information content (AvgIpc) is 2.87. The first-order valence-corrected chi connectivity index (χ1v) is 6.54. The molecule has 2 aromatic carbocycles. The minimum absolute atomic E-state index is 0.300. The second-order valence-electron chi connectivity index (χ2n) is 4.14. The molecule has 4 heteroatoms. The molecule has 2 nitrogen and oxygen atoms in total. The lowest BCUT2D eigenvalue weighted by Gasteiger charge is -2.05. The van der Waals surface area contributed by atoms with Gasteiger partial charge in [0, 0.05) is 4.70 Å². The summed E-state index contributed by atoms with van der Waals surface area (Å²) in [6.45, 7) is 0. The number of benzene rings is 2. The van der Waals surface area contributed by atoms with Crippen LogP contribution in [0.2, 0.25) is 0 Å². The molecule has 94 valence electrons. The molecule has 3 aromatic rings. The number of carboxylic acid groups (broad SMARTS) is 1. The first-order valence-electron chi connectivity index (χ1n) is 5.66. The van der Waals surface area contributed by atoms with Gasteiger partial charge in [0.25, 0.3) is 0 Å². The summed E-state index contributed by atoms with van der Waals surface area (Å²) < 4.78 is 14.5. The van der Waals surface area contributed by atoms with Crippen LogP contribution in [0.5, 0.6) is 0 Å². The van der Waals surface area contributed by atoms with Crippen molar-refractivity contribution < 1.29 is 14.3 Å². The highest BCUT2D eigenvalue weighted by Gasteiger charge is 2.13. The Kier molecular flexibility index (Phi) is 2.80. The van der Waals surface area contributed by atoms with Crippen LogP contribution in [0.25, 0.3) is 21.2 Å². The van der Waals surface area contributed by atoms with E-state index in [-0.39, 0.29) is 5.56 Å². The van der Waals surface area contributed by atoms with Crippen molar-refractivity contribution in [1.82, 2.24) is 0 Å². The van der Waals surface area contributed by atoms with Crippen LogP contribution in [0.3, 0.4) is 0 Å². The molecule has 0 unspecified atom stereocenters. The maximum absolute atomic E-state index is 13.4. The smallest absolute Gasteiger partial charge is 0.338 e. The van der Waals surface area contributed by atoms with Gasteiger partial charge >= 0.3 is 5.97 Å². The average molecular weight is 272 g/mol. The maximum Gasteiger partial charge on any atom is 0.338 e. The standard InChI is InChI=1S/C15H9FO2S/c16-13-5-4-10(8-12(13)15(17)18)11-3-1-2-9-6-7-19-14(9)11/h1-8H,(H,17,18). The fourth-order valence-electron chi connectivity index (χ4n) is 2.08. The highest BCUT2D eigenvalue weighted by atomic mass is 32.1. The van der Waals surface area contributed by atoms with Gasteiger partial charge < -0.3 is 5.11 Å². The third-order valence-electron chi connectivity index (χ3n) is 2.99. The first kappa shape index (κ1) is 11.9. The van der Waals surface area contributed by atoms with Crippen LogP contribution in [0.15, 0.2) is 47.8 Å². The molecule has 0 radical (unpaired) electrons. The van der Waals surface area contributed by atoms with E-state index in [9.17, 15) is 9.18 Å². The molecule has 1 aromatic heterocycles. The number of halogens is 1. The van der Waals surface area contributed by atoms with Crippen molar-refractivity contribution >= 4 is 27.4 Å². The van der Waals surface area contributed by atoms with Crippen LogP contribution < -0.4 is 0 Å². The van der Waals surface area contributed by atoms with Crippen molar-refractivity contribution in [2.75, 3.05) is 0 Å². The number of aromatic carboxylic acids is 1. The zero-order chi connectivity index (χ0) is 13.4. The number of hydrogen-bond donors (Lipinski definition) is 1. The van der Waals surface area contributed by atoms with Crippen molar-refractivity contribution in [2.45, 2.75) is 0 Å². The normalized spacial score (nSPS) is 10.8. The van der Waals surface area contributed by atoms with E-state index in [1.54, 1.807) is 17.4 Å². The van der Waals surface area contributed by atoms with Gasteiger partial charge in [-0.15, -0.1) is 11.3 Å². The van der Waals surface area contributed by atoms with Gasteiger partial charge in [0.1, 0.15) is 5.82 Å². The molecule has 0 spiro atoms. The predicted octanol–water partition coefficient (Wildman–Crippen LogP) is 4.41. The van der Waals surface area contributed by atoms with Crippen molar-refractivity contribution in [3.05, 3.63) is 59.2 Å². The molecule has 0 saturated carbocycles.